The first-order valence-corrected chi connectivity index (χ1v) is 7.61. The summed E-state index contributed by atoms with van der Waals surface area (Å²) in [6.07, 6.45) is 9.86. The maximum absolute atomic E-state index is 3.77. The van der Waals surface area contributed by atoms with E-state index in [0.29, 0.717) is 6.04 Å². The summed E-state index contributed by atoms with van der Waals surface area (Å²) in [7, 11) is 0. The average molecular weight is 235 g/mol. The summed E-state index contributed by atoms with van der Waals surface area (Å²) >= 11 is 1.94. The van der Waals surface area contributed by atoms with Crippen molar-refractivity contribution in [1.82, 2.24) is 5.32 Å². The van der Waals surface area contributed by atoms with Crippen molar-refractivity contribution < 1.29 is 0 Å². The van der Waals surface area contributed by atoms with E-state index < -0.39 is 0 Å². The maximum atomic E-state index is 3.77. The minimum absolute atomic E-state index is 0.662. The lowest BCUT2D eigenvalue weighted by Crippen LogP contribution is -2.27. The van der Waals surface area contributed by atoms with Gasteiger partial charge in [-0.1, -0.05) is 19.3 Å². The molecule has 0 radical (unpaired) electrons. The molecule has 1 heterocycles. The normalized spacial score (nSPS) is 25.1. The Labute approximate surface area is 102 Å². The topological polar surface area (TPSA) is 12.0 Å². The fourth-order valence-corrected chi connectivity index (χ4v) is 3.93. The van der Waals surface area contributed by atoms with Crippen LogP contribution in [0.15, 0.2) is 11.4 Å². The van der Waals surface area contributed by atoms with Gasteiger partial charge in [-0.25, -0.2) is 0 Å². The standard InChI is InChI=1S/C14H21NS/c1-3-11(4-1)7-9-15-13-5-2-6-14-12(13)8-10-16-14/h8,10-11,13,15H,1-7,9H2. The van der Waals surface area contributed by atoms with Gasteiger partial charge in [-0.3, -0.25) is 0 Å². The van der Waals surface area contributed by atoms with Crippen LogP contribution in [0.1, 0.15) is 55.0 Å². The molecule has 1 saturated carbocycles. The molecule has 0 aliphatic heterocycles. The lowest BCUT2D eigenvalue weighted by molar-refractivity contribution is 0.285. The van der Waals surface area contributed by atoms with Gasteiger partial charge in [0.2, 0.25) is 0 Å². The smallest absolute Gasteiger partial charge is 0.0331 e. The predicted octanol–water partition coefficient (Wildman–Crippen LogP) is 3.91. The van der Waals surface area contributed by atoms with Crippen molar-refractivity contribution in [1.29, 1.82) is 0 Å². The second-order valence-electron chi connectivity index (χ2n) is 5.28. The molecule has 0 bridgehead atoms. The number of rotatable bonds is 4. The van der Waals surface area contributed by atoms with Crippen LogP contribution in [-0.2, 0) is 6.42 Å². The summed E-state index contributed by atoms with van der Waals surface area (Å²) < 4.78 is 0. The zero-order valence-electron chi connectivity index (χ0n) is 9.87. The summed E-state index contributed by atoms with van der Waals surface area (Å²) in [5.41, 5.74) is 1.60. The molecule has 2 heteroatoms. The maximum Gasteiger partial charge on any atom is 0.0331 e. The molecule has 2 aliphatic carbocycles. The van der Waals surface area contributed by atoms with E-state index in [0.717, 1.165) is 5.92 Å². The molecule has 1 atom stereocenters. The highest BCUT2D eigenvalue weighted by Crippen LogP contribution is 2.34. The molecule has 0 saturated heterocycles. The van der Waals surface area contributed by atoms with Gasteiger partial charge in [0, 0.05) is 10.9 Å². The molecule has 1 fully saturated rings. The van der Waals surface area contributed by atoms with Crippen LogP contribution in [0.25, 0.3) is 0 Å². The van der Waals surface area contributed by atoms with Gasteiger partial charge in [-0.15, -0.1) is 11.3 Å². The molecular weight excluding hydrogens is 214 g/mol. The number of thiophene rings is 1. The second kappa shape index (κ2) is 4.89. The highest BCUT2D eigenvalue weighted by atomic mass is 32.1. The molecule has 2 aliphatic rings. The van der Waals surface area contributed by atoms with Crippen molar-refractivity contribution in [2.45, 2.75) is 51.0 Å². The van der Waals surface area contributed by atoms with Crippen LogP contribution in [0.2, 0.25) is 0 Å². The summed E-state index contributed by atoms with van der Waals surface area (Å²) in [6.45, 7) is 1.23. The third-order valence-corrected chi connectivity index (χ3v) is 5.22. The third kappa shape index (κ3) is 2.18. The van der Waals surface area contributed by atoms with Crippen molar-refractivity contribution in [3.63, 3.8) is 0 Å². The first kappa shape index (κ1) is 10.8. The lowest BCUT2D eigenvalue weighted by atomic mass is 9.83. The van der Waals surface area contributed by atoms with Crippen LogP contribution in [0.4, 0.5) is 0 Å². The molecule has 1 nitrogen and oxygen atoms in total. The van der Waals surface area contributed by atoms with Gasteiger partial charge in [0.15, 0.2) is 0 Å². The quantitative estimate of drug-likeness (QED) is 0.834. The fourth-order valence-electron chi connectivity index (χ4n) is 2.94. The van der Waals surface area contributed by atoms with Crippen LogP contribution in [0, 0.1) is 5.92 Å². The van der Waals surface area contributed by atoms with Crippen molar-refractivity contribution in [3.8, 4) is 0 Å². The molecule has 0 amide bonds. The van der Waals surface area contributed by atoms with Gasteiger partial charge < -0.3 is 5.32 Å². The van der Waals surface area contributed by atoms with Gasteiger partial charge >= 0.3 is 0 Å². The first-order chi connectivity index (χ1) is 7.93. The van der Waals surface area contributed by atoms with E-state index >= 15 is 0 Å². The molecule has 0 spiro atoms. The van der Waals surface area contributed by atoms with Crippen molar-refractivity contribution in [3.05, 3.63) is 21.9 Å². The zero-order valence-corrected chi connectivity index (χ0v) is 10.7. The number of aryl methyl sites for hydroxylation is 1. The van der Waals surface area contributed by atoms with E-state index in [4.69, 9.17) is 0 Å². The van der Waals surface area contributed by atoms with Gasteiger partial charge in [0.25, 0.3) is 0 Å². The van der Waals surface area contributed by atoms with Gasteiger partial charge in [-0.2, -0.15) is 0 Å². The van der Waals surface area contributed by atoms with E-state index in [-0.39, 0.29) is 0 Å². The minimum atomic E-state index is 0.662. The number of fused-ring (bicyclic) bond motifs is 1. The Kier molecular flexibility index (Phi) is 3.30. The molecule has 1 aromatic heterocycles. The van der Waals surface area contributed by atoms with Gasteiger partial charge in [-0.05, 0) is 55.2 Å². The van der Waals surface area contributed by atoms with Gasteiger partial charge in [0.05, 0.1) is 0 Å². The summed E-state index contributed by atoms with van der Waals surface area (Å²) in [5.74, 6) is 1.04. The molecular formula is C14H21NS. The van der Waals surface area contributed by atoms with Crippen LogP contribution in [0.3, 0.4) is 0 Å². The predicted molar refractivity (Wildman–Crippen MR) is 70.0 cm³/mol. The number of hydrogen-bond acceptors (Lipinski definition) is 2. The van der Waals surface area contributed by atoms with E-state index in [2.05, 4.69) is 16.8 Å². The Bertz CT molecular complexity index is 340. The van der Waals surface area contributed by atoms with Crippen LogP contribution < -0.4 is 5.32 Å². The van der Waals surface area contributed by atoms with Crippen LogP contribution >= 0.6 is 11.3 Å². The Morgan fingerprint density at radius 1 is 1.25 bits per heavy atom. The summed E-state index contributed by atoms with van der Waals surface area (Å²) in [5, 5.41) is 6.03. The summed E-state index contributed by atoms with van der Waals surface area (Å²) in [4.78, 5) is 1.63. The lowest BCUT2D eigenvalue weighted by Gasteiger charge is -2.28. The molecule has 3 rings (SSSR count). The zero-order chi connectivity index (χ0) is 10.8. The first-order valence-electron chi connectivity index (χ1n) is 6.73. The van der Waals surface area contributed by atoms with Crippen molar-refractivity contribution in [2.75, 3.05) is 6.54 Å². The minimum Gasteiger partial charge on any atom is -0.310 e. The molecule has 1 aromatic rings. The highest BCUT2D eigenvalue weighted by Gasteiger charge is 2.21. The molecule has 16 heavy (non-hydrogen) atoms. The van der Waals surface area contributed by atoms with E-state index in [1.807, 2.05) is 11.3 Å². The van der Waals surface area contributed by atoms with E-state index in [1.54, 1.807) is 10.4 Å². The molecule has 1 N–H and O–H groups in total. The largest absolute Gasteiger partial charge is 0.310 e. The molecule has 1 unspecified atom stereocenters. The van der Waals surface area contributed by atoms with Crippen LogP contribution in [-0.4, -0.2) is 6.54 Å². The molecule has 88 valence electrons. The Hall–Kier alpha value is -0.340. The van der Waals surface area contributed by atoms with E-state index in [1.165, 1.54) is 51.5 Å². The van der Waals surface area contributed by atoms with Crippen molar-refractivity contribution in [2.24, 2.45) is 5.92 Å². The molecule has 0 aromatic carbocycles. The number of hydrogen-bond donors (Lipinski definition) is 1. The monoisotopic (exact) mass is 235 g/mol. The fraction of sp³-hybridized carbons (Fsp3) is 0.714. The van der Waals surface area contributed by atoms with Crippen LogP contribution in [0.5, 0.6) is 0 Å². The Morgan fingerprint density at radius 2 is 2.19 bits per heavy atom. The van der Waals surface area contributed by atoms with Gasteiger partial charge in [0.1, 0.15) is 0 Å². The third-order valence-electron chi connectivity index (χ3n) is 4.22. The Morgan fingerprint density at radius 3 is 3.00 bits per heavy atom. The van der Waals surface area contributed by atoms with Crippen molar-refractivity contribution >= 4 is 11.3 Å². The highest BCUT2D eigenvalue weighted by molar-refractivity contribution is 7.10. The SMILES string of the molecule is c1cc2c(s1)CCCC2NCCC1CCC1. The second-order valence-corrected chi connectivity index (χ2v) is 6.28. The Balaban J connectivity index is 1.51. The van der Waals surface area contributed by atoms with E-state index in [9.17, 15) is 0 Å². The number of nitrogens with one attached hydrogen (secondary N) is 1. The average Bonchev–Trinajstić information content (AvgIpc) is 2.70. The summed E-state index contributed by atoms with van der Waals surface area (Å²) in [6, 6.07) is 3.00.